The number of hydrogen-bond donors (Lipinski definition) is 0. The van der Waals surface area contributed by atoms with Crippen LogP contribution >= 0.6 is 0 Å². The molecule has 0 N–H and O–H groups in total. The van der Waals surface area contributed by atoms with Gasteiger partial charge in [0.1, 0.15) is 22.7 Å². The summed E-state index contributed by atoms with van der Waals surface area (Å²) in [5.74, 6) is 1.69. The normalized spacial score (nSPS) is 14.8. The summed E-state index contributed by atoms with van der Waals surface area (Å²) in [6.07, 6.45) is 0. The number of para-hydroxylation sites is 3. The first-order valence-electron chi connectivity index (χ1n) is 22.0. The minimum absolute atomic E-state index is 0.653. The zero-order valence-corrected chi connectivity index (χ0v) is 34.6. The van der Waals surface area contributed by atoms with Crippen molar-refractivity contribution in [2.24, 2.45) is 0 Å². The van der Waals surface area contributed by atoms with Gasteiger partial charge in [0.05, 0.1) is 5.41 Å². The quantitative estimate of drug-likeness (QED) is 0.178. The standard InChI is InChI=1S/C61H37NO2/c1-2-16-38(17-3-1)62(40-31-35-58-51(37-40)44-21-7-5-19-42(44)46-23-10-14-28-56(46)63-58)39-30-33-54-50(36-39)43-20-6-4-18-41(43)45-22-8-12-26-52(45)61(54)53-27-13-9-25-49(53)59-55(61)34-32-48-47-24-11-15-29-57(47)64-60(48)59/h1-37H. The Morgan fingerprint density at radius 1 is 0.312 bits per heavy atom. The van der Waals surface area contributed by atoms with Crippen LogP contribution in [0.3, 0.4) is 0 Å². The first kappa shape index (κ1) is 35.2. The van der Waals surface area contributed by atoms with E-state index in [9.17, 15) is 0 Å². The molecule has 1 atom stereocenters. The van der Waals surface area contributed by atoms with Crippen LogP contribution in [-0.2, 0) is 5.41 Å². The lowest BCUT2D eigenvalue weighted by Gasteiger charge is -2.36. The molecule has 298 valence electrons. The van der Waals surface area contributed by atoms with Crippen molar-refractivity contribution in [3.05, 3.63) is 247 Å². The molecule has 64 heavy (non-hydrogen) atoms. The van der Waals surface area contributed by atoms with E-state index in [-0.39, 0.29) is 0 Å². The Hall–Kier alpha value is -8.40. The van der Waals surface area contributed by atoms with Crippen LogP contribution in [0.25, 0.3) is 77.6 Å². The van der Waals surface area contributed by atoms with Gasteiger partial charge in [-0.1, -0.05) is 170 Å². The van der Waals surface area contributed by atoms with Gasteiger partial charge in [-0.2, -0.15) is 0 Å². The average Bonchev–Trinajstić information content (AvgIpc) is 3.80. The van der Waals surface area contributed by atoms with E-state index >= 15 is 0 Å². The molecule has 0 bridgehead atoms. The third kappa shape index (κ3) is 4.76. The molecule has 14 rings (SSSR count). The van der Waals surface area contributed by atoms with Gasteiger partial charge in [0.2, 0.25) is 0 Å². The fraction of sp³-hybridized carbons (Fsp3) is 0.0164. The van der Waals surface area contributed by atoms with Crippen molar-refractivity contribution in [3.63, 3.8) is 0 Å². The summed E-state index contributed by atoms with van der Waals surface area (Å²) in [5.41, 5.74) is 21.0. The Bertz CT molecular complexity index is 3730. The van der Waals surface area contributed by atoms with Crippen LogP contribution in [0.15, 0.2) is 229 Å². The smallest absolute Gasteiger partial charge is 0.143 e. The van der Waals surface area contributed by atoms with Gasteiger partial charge in [0.25, 0.3) is 0 Å². The predicted molar refractivity (Wildman–Crippen MR) is 261 cm³/mol. The van der Waals surface area contributed by atoms with E-state index in [0.29, 0.717) is 0 Å². The maximum atomic E-state index is 6.88. The number of ether oxygens (including phenoxy) is 1. The van der Waals surface area contributed by atoms with Crippen LogP contribution in [0.2, 0.25) is 0 Å². The number of fused-ring (bicyclic) bond motifs is 21. The van der Waals surface area contributed by atoms with Gasteiger partial charge in [0, 0.05) is 44.5 Å². The number of nitrogens with zero attached hydrogens (tertiary/aromatic N) is 1. The van der Waals surface area contributed by atoms with Gasteiger partial charge in [-0.3, -0.25) is 0 Å². The molecule has 0 fully saturated rings. The third-order valence-corrected chi connectivity index (χ3v) is 13.9. The largest absolute Gasteiger partial charge is 0.456 e. The van der Waals surface area contributed by atoms with E-state index in [1.807, 2.05) is 6.07 Å². The number of rotatable bonds is 3. The number of benzene rings is 10. The molecule has 2 aliphatic carbocycles. The second-order valence-corrected chi connectivity index (χ2v) is 17.1. The SMILES string of the molecule is c1ccc(N(c2ccc3c(c2)-c2ccccc2-c2ccccc2O3)c2ccc3c(c2)-c2ccccc2-c2ccccc2C32c3ccccc3-c3c2ccc2c3oc3ccccc32)cc1. The second-order valence-electron chi connectivity index (χ2n) is 17.1. The summed E-state index contributed by atoms with van der Waals surface area (Å²) in [6, 6.07) is 81.6. The van der Waals surface area contributed by atoms with E-state index in [1.54, 1.807) is 0 Å². The van der Waals surface area contributed by atoms with Crippen molar-refractivity contribution in [1.82, 2.24) is 0 Å². The van der Waals surface area contributed by atoms with Gasteiger partial charge in [-0.15, -0.1) is 0 Å². The van der Waals surface area contributed by atoms with Crippen LogP contribution in [0, 0.1) is 0 Å². The fourth-order valence-corrected chi connectivity index (χ4v) is 11.3. The highest BCUT2D eigenvalue weighted by molar-refractivity contribution is 6.13. The molecule has 1 aliphatic heterocycles. The Morgan fingerprint density at radius 2 is 0.828 bits per heavy atom. The molecule has 1 spiro atoms. The summed E-state index contributed by atoms with van der Waals surface area (Å²) in [6.45, 7) is 0. The second kappa shape index (κ2) is 13.3. The Morgan fingerprint density at radius 3 is 1.61 bits per heavy atom. The molecule has 3 aliphatic rings. The van der Waals surface area contributed by atoms with Crippen molar-refractivity contribution < 1.29 is 9.15 Å². The molecule has 3 nitrogen and oxygen atoms in total. The third-order valence-electron chi connectivity index (χ3n) is 13.9. The van der Waals surface area contributed by atoms with Crippen LogP contribution < -0.4 is 9.64 Å². The highest BCUT2D eigenvalue weighted by Gasteiger charge is 2.51. The summed E-state index contributed by atoms with van der Waals surface area (Å²) in [4.78, 5) is 2.39. The van der Waals surface area contributed by atoms with Gasteiger partial charge in [0.15, 0.2) is 0 Å². The summed E-state index contributed by atoms with van der Waals surface area (Å²) < 4.78 is 13.6. The molecule has 2 heterocycles. The summed E-state index contributed by atoms with van der Waals surface area (Å²) in [7, 11) is 0. The minimum atomic E-state index is -0.653. The lowest BCUT2D eigenvalue weighted by molar-refractivity contribution is 0.488. The Labute approximate surface area is 370 Å². The number of anilines is 3. The molecule has 10 aromatic carbocycles. The first-order chi connectivity index (χ1) is 31.8. The van der Waals surface area contributed by atoms with Crippen molar-refractivity contribution in [2.45, 2.75) is 5.41 Å². The molecule has 0 amide bonds. The molecule has 0 saturated carbocycles. The fourth-order valence-electron chi connectivity index (χ4n) is 11.3. The van der Waals surface area contributed by atoms with Gasteiger partial charge < -0.3 is 14.1 Å². The number of hydrogen-bond acceptors (Lipinski definition) is 3. The molecular formula is C61H37NO2. The van der Waals surface area contributed by atoms with Crippen molar-refractivity contribution in [3.8, 4) is 67.1 Å². The van der Waals surface area contributed by atoms with Gasteiger partial charge in [-0.05, 0) is 116 Å². The van der Waals surface area contributed by atoms with E-state index in [0.717, 1.165) is 72.8 Å². The predicted octanol–water partition coefficient (Wildman–Crippen LogP) is 16.5. The highest BCUT2D eigenvalue weighted by Crippen LogP contribution is 2.63. The Balaban J connectivity index is 1.05. The van der Waals surface area contributed by atoms with E-state index in [2.05, 4.69) is 223 Å². The molecular weight excluding hydrogens is 779 g/mol. The van der Waals surface area contributed by atoms with E-state index < -0.39 is 5.41 Å². The summed E-state index contributed by atoms with van der Waals surface area (Å²) >= 11 is 0. The summed E-state index contributed by atoms with van der Waals surface area (Å²) in [5, 5.41) is 2.27. The zero-order valence-electron chi connectivity index (χ0n) is 34.6. The van der Waals surface area contributed by atoms with Crippen molar-refractivity contribution in [2.75, 3.05) is 4.90 Å². The van der Waals surface area contributed by atoms with E-state index in [1.165, 1.54) is 55.6 Å². The van der Waals surface area contributed by atoms with Crippen LogP contribution in [0.4, 0.5) is 17.1 Å². The molecule has 0 radical (unpaired) electrons. The molecule has 1 unspecified atom stereocenters. The lowest BCUT2D eigenvalue weighted by atomic mass is 9.66. The van der Waals surface area contributed by atoms with Gasteiger partial charge >= 0.3 is 0 Å². The van der Waals surface area contributed by atoms with Crippen LogP contribution in [-0.4, -0.2) is 0 Å². The average molecular weight is 816 g/mol. The van der Waals surface area contributed by atoms with Gasteiger partial charge in [-0.25, -0.2) is 0 Å². The number of furan rings is 1. The molecule has 1 aromatic heterocycles. The maximum Gasteiger partial charge on any atom is 0.143 e. The topological polar surface area (TPSA) is 25.6 Å². The maximum absolute atomic E-state index is 6.88. The lowest BCUT2D eigenvalue weighted by Crippen LogP contribution is -2.29. The molecule has 3 heteroatoms. The van der Waals surface area contributed by atoms with E-state index in [4.69, 9.17) is 9.15 Å². The first-order valence-corrected chi connectivity index (χ1v) is 22.0. The monoisotopic (exact) mass is 815 g/mol. The molecule has 11 aromatic rings. The van der Waals surface area contributed by atoms with Crippen molar-refractivity contribution in [1.29, 1.82) is 0 Å². The van der Waals surface area contributed by atoms with Crippen LogP contribution in [0.5, 0.6) is 11.5 Å². The minimum Gasteiger partial charge on any atom is -0.456 e. The highest BCUT2D eigenvalue weighted by atomic mass is 16.5. The molecule has 0 saturated heterocycles. The zero-order chi connectivity index (χ0) is 41.9. The van der Waals surface area contributed by atoms with Crippen LogP contribution in [0.1, 0.15) is 22.3 Å². The Kier molecular flexibility index (Phi) is 7.32. The van der Waals surface area contributed by atoms with Crippen molar-refractivity contribution >= 4 is 39.0 Å².